The van der Waals surface area contributed by atoms with Crippen molar-refractivity contribution in [2.75, 3.05) is 18.0 Å². The molecule has 0 amide bonds. The van der Waals surface area contributed by atoms with Crippen LogP contribution in [0.2, 0.25) is 0 Å². The Kier molecular flexibility index (Phi) is 5.01. The van der Waals surface area contributed by atoms with Gasteiger partial charge in [-0.3, -0.25) is 0 Å². The van der Waals surface area contributed by atoms with Crippen molar-refractivity contribution in [3.05, 3.63) is 11.1 Å². The Morgan fingerprint density at radius 1 is 1.44 bits per heavy atom. The number of thiazole rings is 1. The summed E-state index contributed by atoms with van der Waals surface area (Å²) in [6.07, 6.45) is 3.99. The van der Waals surface area contributed by atoms with Crippen molar-refractivity contribution in [2.45, 2.75) is 52.6 Å². The summed E-state index contributed by atoms with van der Waals surface area (Å²) in [5.74, 6) is 0.934. The Hall–Kier alpha value is -0.610. The number of anilines is 1. The maximum absolute atomic E-state index is 4.74. The van der Waals surface area contributed by atoms with Crippen LogP contribution in [0.5, 0.6) is 0 Å². The van der Waals surface area contributed by atoms with Crippen LogP contribution in [0.25, 0.3) is 0 Å². The zero-order chi connectivity index (χ0) is 13.0. The first-order valence-electron chi connectivity index (χ1n) is 7.11. The third-order valence-electron chi connectivity index (χ3n) is 3.69. The monoisotopic (exact) mass is 267 g/mol. The third kappa shape index (κ3) is 3.69. The van der Waals surface area contributed by atoms with Crippen LogP contribution >= 0.6 is 11.3 Å². The lowest BCUT2D eigenvalue weighted by atomic mass is 9.95. The van der Waals surface area contributed by atoms with E-state index in [0.717, 1.165) is 12.5 Å². The van der Waals surface area contributed by atoms with Crippen molar-refractivity contribution in [1.82, 2.24) is 10.3 Å². The Balaban J connectivity index is 1.86. The fraction of sp³-hybridized carbons (Fsp3) is 0.786. The molecule has 4 heteroatoms. The van der Waals surface area contributed by atoms with Gasteiger partial charge in [0.2, 0.25) is 0 Å². The number of hydrogen-bond acceptors (Lipinski definition) is 4. The highest BCUT2D eigenvalue weighted by atomic mass is 32.1. The molecule has 0 atom stereocenters. The summed E-state index contributed by atoms with van der Waals surface area (Å²) in [5, 5.41) is 6.82. The summed E-state index contributed by atoms with van der Waals surface area (Å²) in [7, 11) is 0. The predicted octanol–water partition coefficient (Wildman–Crippen LogP) is 3.27. The molecule has 102 valence electrons. The van der Waals surface area contributed by atoms with Crippen LogP contribution in [0, 0.1) is 5.92 Å². The molecule has 1 aliphatic heterocycles. The lowest BCUT2D eigenvalue weighted by Gasteiger charge is -2.31. The van der Waals surface area contributed by atoms with Crippen molar-refractivity contribution in [1.29, 1.82) is 0 Å². The zero-order valence-corrected chi connectivity index (χ0v) is 12.6. The first-order valence-corrected chi connectivity index (χ1v) is 7.99. The molecule has 1 aliphatic rings. The summed E-state index contributed by atoms with van der Waals surface area (Å²) in [6.45, 7) is 9.90. The maximum atomic E-state index is 4.74. The number of rotatable bonds is 5. The van der Waals surface area contributed by atoms with Crippen molar-refractivity contribution in [3.8, 4) is 0 Å². The quantitative estimate of drug-likeness (QED) is 0.887. The van der Waals surface area contributed by atoms with Gasteiger partial charge in [0.15, 0.2) is 5.13 Å². The molecule has 1 saturated heterocycles. The van der Waals surface area contributed by atoms with Gasteiger partial charge in [0.1, 0.15) is 0 Å². The van der Waals surface area contributed by atoms with E-state index in [0.29, 0.717) is 6.04 Å². The smallest absolute Gasteiger partial charge is 0.185 e. The Morgan fingerprint density at radius 3 is 2.78 bits per heavy atom. The van der Waals surface area contributed by atoms with E-state index in [2.05, 4.69) is 36.4 Å². The van der Waals surface area contributed by atoms with Crippen LogP contribution in [0.3, 0.4) is 0 Å². The zero-order valence-electron chi connectivity index (χ0n) is 11.8. The van der Waals surface area contributed by atoms with Crippen LogP contribution in [-0.4, -0.2) is 24.1 Å². The van der Waals surface area contributed by atoms with Crippen LogP contribution < -0.4 is 10.2 Å². The maximum Gasteiger partial charge on any atom is 0.185 e. The van der Waals surface area contributed by atoms with Crippen LogP contribution in [0.15, 0.2) is 5.38 Å². The largest absolute Gasteiger partial charge is 0.348 e. The van der Waals surface area contributed by atoms with E-state index in [4.69, 9.17) is 4.98 Å². The Morgan fingerprint density at radius 2 is 2.17 bits per heavy atom. The van der Waals surface area contributed by atoms with Crippen LogP contribution in [0.1, 0.15) is 45.7 Å². The van der Waals surface area contributed by atoms with Crippen LogP contribution in [-0.2, 0) is 6.54 Å². The lowest BCUT2D eigenvalue weighted by Crippen LogP contribution is -2.33. The van der Waals surface area contributed by atoms with Gasteiger partial charge in [-0.1, -0.05) is 27.2 Å². The fourth-order valence-electron chi connectivity index (χ4n) is 2.36. The van der Waals surface area contributed by atoms with E-state index in [-0.39, 0.29) is 0 Å². The molecule has 1 fully saturated rings. The lowest BCUT2D eigenvalue weighted by molar-refractivity contribution is 0.395. The number of aromatic nitrogens is 1. The highest BCUT2D eigenvalue weighted by Crippen LogP contribution is 2.27. The van der Waals surface area contributed by atoms with Gasteiger partial charge in [0, 0.05) is 31.1 Å². The van der Waals surface area contributed by atoms with Gasteiger partial charge in [-0.2, -0.15) is 0 Å². The molecule has 18 heavy (non-hydrogen) atoms. The Labute approximate surface area is 115 Å². The van der Waals surface area contributed by atoms with Crippen molar-refractivity contribution >= 4 is 16.5 Å². The van der Waals surface area contributed by atoms with Gasteiger partial charge in [-0.25, -0.2) is 4.98 Å². The molecule has 2 rings (SSSR count). The first-order chi connectivity index (χ1) is 8.69. The second kappa shape index (κ2) is 6.53. The normalized spacial score (nSPS) is 17.7. The standard InChI is InChI=1S/C14H25N3S/c1-4-12-5-7-17(8-6-12)14-16-13(10-18-14)9-15-11(2)3/h10-12,15H,4-9H2,1-3H3. The molecule has 3 nitrogen and oxygen atoms in total. The number of nitrogens with zero attached hydrogens (tertiary/aromatic N) is 2. The van der Waals surface area contributed by atoms with E-state index in [9.17, 15) is 0 Å². The van der Waals surface area contributed by atoms with Gasteiger partial charge in [-0.15, -0.1) is 11.3 Å². The van der Waals surface area contributed by atoms with E-state index in [1.165, 1.54) is 43.2 Å². The number of piperidine rings is 1. The average molecular weight is 267 g/mol. The topological polar surface area (TPSA) is 28.2 Å². The number of hydrogen-bond donors (Lipinski definition) is 1. The molecule has 0 radical (unpaired) electrons. The summed E-state index contributed by atoms with van der Waals surface area (Å²) in [5.41, 5.74) is 1.18. The molecule has 0 bridgehead atoms. The average Bonchev–Trinajstić information content (AvgIpc) is 2.85. The van der Waals surface area contributed by atoms with Crippen molar-refractivity contribution in [2.24, 2.45) is 5.92 Å². The highest BCUT2D eigenvalue weighted by Gasteiger charge is 2.19. The second-order valence-electron chi connectivity index (χ2n) is 5.50. The third-order valence-corrected chi connectivity index (χ3v) is 4.64. The molecule has 2 heterocycles. The number of nitrogens with one attached hydrogen (secondary N) is 1. The SMILES string of the molecule is CCC1CCN(c2nc(CNC(C)C)cs2)CC1. The summed E-state index contributed by atoms with van der Waals surface area (Å²) in [6, 6.07) is 0.524. The van der Waals surface area contributed by atoms with E-state index >= 15 is 0 Å². The minimum absolute atomic E-state index is 0.524. The molecule has 0 saturated carbocycles. The summed E-state index contributed by atoms with van der Waals surface area (Å²) in [4.78, 5) is 7.19. The molecule has 0 aliphatic carbocycles. The highest BCUT2D eigenvalue weighted by molar-refractivity contribution is 7.13. The van der Waals surface area contributed by atoms with Crippen molar-refractivity contribution < 1.29 is 0 Å². The van der Waals surface area contributed by atoms with Crippen molar-refractivity contribution in [3.63, 3.8) is 0 Å². The van der Waals surface area contributed by atoms with Gasteiger partial charge >= 0.3 is 0 Å². The molecule has 0 aromatic carbocycles. The van der Waals surface area contributed by atoms with E-state index in [1.54, 1.807) is 11.3 Å². The molecule has 1 N–H and O–H groups in total. The summed E-state index contributed by atoms with van der Waals surface area (Å²) >= 11 is 1.79. The van der Waals surface area contributed by atoms with Gasteiger partial charge < -0.3 is 10.2 Å². The predicted molar refractivity (Wildman–Crippen MR) is 79.3 cm³/mol. The molecule has 0 spiro atoms. The second-order valence-corrected chi connectivity index (χ2v) is 6.33. The minimum Gasteiger partial charge on any atom is -0.348 e. The first kappa shape index (κ1) is 13.8. The van der Waals surface area contributed by atoms with Gasteiger partial charge in [-0.05, 0) is 18.8 Å². The molecular weight excluding hydrogens is 242 g/mol. The van der Waals surface area contributed by atoms with Crippen LogP contribution in [0.4, 0.5) is 5.13 Å². The Bertz CT molecular complexity index is 354. The molecular formula is C14H25N3S. The summed E-state index contributed by atoms with van der Waals surface area (Å²) < 4.78 is 0. The van der Waals surface area contributed by atoms with E-state index in [1.807, 2.05) is 0 Å². The van der Waals surface area contributed by atoms with Gasteiger partial charge in [0.25, 0.3) is 0 Å². The fourth-order valence-corrected chi connectivity index (χ4v) is 3.24. The molecule has 0 unspecified atom stereocenters. The molecule has 1 aromatic heterocycles. The van der Waals surface area contributed by atoms with Gasteiger partial charge in [0.05, 0.1) is 5.69 Å². The van der Waals surface area contributed by atoms with E-state index < -0.39 is 0 Å². The molecule has 1 aromatic rings. The minimum atomic E-state index is 0.524.